The van der Waals surface area contributed by atoms with Crippen molar-refractivity contribution in [2.24, 2.45) is 0 Å². The van der Waals surface area contributed by atoms with E-state index in [1.165, 1.54) is 11.7 Å². The van der Waals surface area contributed by atoms with Crippen LogP contribution in [-0.2, 0) is 16.7 Å². The van der Waals surface area contributed by atoms with Gasteiger partial charge in [-0.15, -0.1) is 9.73 Å². The van der Waals surface area contributed by atoms with Gasteiger partial charge in [0.2, 0.25) is 11.3 Å². The van der Waals surface area contributed by atoms with Gasteiger partial charge in [0, 0.05) is 12.0 Å². The van der Waals surface area contributed by atoms with Crippen molar-refractivity contribution >= 4 is 28.5 Å². The van der Waals surface area contributed by atoms with E-state index in [4.69, 9.17) is 20.9 Å². The second-order valence-corrected chi connectivity index (χ2v) is 5.75. The summed E-state index contributed by atoms with van der Waals surface area (Å²) in [5, 5.41) is 7.36. The van der Waals surface area contributed by atoms with Crippen LogP contribution in [0, 0.1) is 0 Å². The first-order chi connectivity index (χ1) is 8.85. The van der Waals surface area contributed by atoms with Crippen LogP contribution in [0.5, 0.6) is 5.88 Å². The summed E-state index contributed by atoms with van der Waals surface area (Å²) in [6.45, 7) is 4.01. The van der Waals surface area contributed by atoms with Gasteiger partial charge in [0.05, 0.1) is 7.11 Å². The molecule has 3 N–H and O–H groups in total. The van der Waals surface area contributed by atoms with E-state index in [1.807, 2.05) is 13.8 Å². The maximum Gasteiger partial charge on any atom is 0.256 e. The van der Waals surface area contributed by atoms with Gasteiger partial charge in [-0.3, -0.25) is 9.65 Å². The molecule has 2 rings (SSSR count). The van der Waals surface area contributed by atoms with E-state index < -0.39 is 16.7 Å². The Kier molecular flexibility index (Phi) is 3.81. The third-order valence-corrected chi connectivity index (χ3v) is 3.40. The fourth-order valence-corrected chi connectivity index (χ4v) is 2.26. The molecule has 2 aromatic heterocycles. The largest absolute Gasteiger partial charge is 0.479 e. The number of H-pyrrole nitrogens is 1. The predicted molar refractivity (Wildman–Crippen MR) is 70.7 cm³/mol. The number of rotatable bonds is 5. The Morgan fingerprint density at radius 2 is 2.32 bits per heavy atom. The zero-order chi connectivity index (χ0) is 14.2. The molecule has 2 aromatic rings. The van der Waals surface area contributed by atoms with Crippen molar-refractivity contribution in [3.63, 3.8) is 0 Å². The first kappa shape index (κ1) is 14.3. The molecule has 0 aromatic carbocycles. The lowest BCUT2D eigenvalue weighted by Gasteiger charge is -2.20. The lowest BCUT2D eigenvalue weighted by molar-refractivity contribution is 0.392. The lowest BCUT2D eigenvalue weighted by atomic mass is 9.93. The van der Waals surface area contributed by atoms with Crippen LogP contribution in [0.2, 0.25) is 5.02 Å². The normalized spacial score (nSPS) is 13.9. The number of methoxy groups -OCH3 is 1. The van der Waals surface area contributed by atoms with Gasteiger partial charge >= 0.3 is 0 Å². The molecular weight excluding hydrogens is 294 g/mol. The Hall–Kier alpha value is -1.16. The van der Waals surface area contributed by atoms with E-state index in [2.05, 4.69) is 19.9 Å². The standard InChI is InChI=1S/C9H14ClN5O3S/c1-9(2,4-11-19(16)17)8-12-6-5(10)7(18-3)13-15(6)14-8/h11H,4H2,1-3H3,(H,12,14)(H,16,17). The minimum atomic E-state index is -2.06. The highest BCUT2D eigenvalue weighted by molar-refractivity contribution is 7.77. The molecule has 0 saturated heterocycles. The summed E-state index contributed by atoms with van der Waals surface area (Å²) in [5.74, 6) is 0.886. The van der Waals surface area contributed by atoms with Crippen molar-refractivity contribution in [1.29, 1.82) is 0 Å². The average Bonchev–Trinajstić information content (AvgIpc) is 2.87. The first-order valence-electron chi connectivity index (χ1n) is 5.38. The van der Waals surface area contributed by atoms with E-state index in [0.29, 0.717) is 22.4 Å². The number of aromatic nitrogens is 4. The van der Waals surface area contributed by atoms with E-state index >= 15 is 0 Å². The number of ether oxygens (including phenoxy) is 1. The summed E-state index contributed by atoms with van der Waals surface area (Å²) in [6, 6.07) is 0. The quantitative estimate of drug-likeness (QED) is 0.706. The molecule has 0 spiro atoms. The fourth-order valence-electron chi connectivity index (χ4n) is 1.54. The molecule has 106 valence electrons. The van der Waals surface area contributed by atoms with Crippen molar-refractivity contribution in [3.05, 3.63) is 10.8 Å². The number of fused-ring (bicyclic) bond motifs is 1. The highest BCUT2D eigenvalue weighted by Crippen LogP contribution is 2.28. The smallest absolute Gasteiger partial charge is 0.256 e. The Balaban J connectivity index is 2.32. The summed E-state index contributed by atoms with van der Waals surface area (Å²) >= 11 is 3.99. The van der Waals surface area contributed by atoms with Gasteiger partial charge in [-0.1, -0.05) is 25.4 Å². The van der Waals surface area contributed by atoms with Crippen molar-refractivity contribution in [2.75, 3.05) is 13.7 Å². The van der Waals surface area contributed by atoms with Crippen LogP contribution in [0.4, 0.5) is 0 Å². The molecule has 2 heterocycles. The van der Waals surface area contributed by atoms with E-state index in [1.54, 1.807) is 0 Å². The van der Waals surface area contributed by atoms with Crippen molar-refractivity contribution in [1.82, 2.24) is 24.5 Å². The van der Waals surface area contributed by atoms with Crippen molar-refractivity contribution in [3.8, 4) is 5.88 Å². The molecule has 0 fully saturated rings. The van der Waals surface area contributed by atoms with Crippen molar-refractivity contribution < 1.29 is 13.5 Å². The number of halogens is 1. The Labute approximate surface area is 116 Å². The molecule has 1 unspecified atom stereocenters. The van der Waals surface area contributed by atoms with Crippen LogP contribution in [-0.4, -0.2) is 42.2 Å². The molecule has 0 radical (unpaired) electrons. The summed E-state index contributed by atoms with van der Waals surface area (Å²) < 4.78 is 28.2. The molecule has 19 heavy (non-hydrogen) atoms. The lowest BCUT2D eigenvalue weighted by Crippen LogP contribution is -2.34. The van der Waals surface area contributed by atoms with E-state index in [0.717, 1.165) is 0 Å². The van der Waals surface area contributed by atoms with Gasteiger partial charge in [0.25, 0.3) is 5.88 Å². The molecule has 0 amide bonds. The van der Waals surface area contributed by atoms with Crippen LogP contribution in [0.25, 0.3) is 5.65 Å². The Morgan fingerprint density at radius 1 is 1.63 bits per heavy atom. The maximum atomic E-state index is 10.7. The number of nitrogens with zero attached hydrogens (tertiary/aromatic N) is 3. The number of nitrogens with one attached hydrogen (secondary N) is 2. The second kappa shape index (κ2) is 5.08. The Bertz CT molecular complexity index is 623. The molecule has 8 nitrogen and oxygen atoms in total. The van der Waals surface area contributed by atoms with Crippen LogP contribution in [0.3, 0.4) is 0 Å². The summed E-state index contributed by atoms with van der Waals surface area (Å²) in [7, 11) is 1.47. The third kappa shape index (κ3) is 2.73. The van der Waals surface area contributed by atoms with Crippen molar-refractivity contribution in [2.45, 2.75) is 19.3 Å². The molecule has 1 atom stereocenters. The monoisotopic (exact) mass is 307 g/mol. The second-order valence-electron chi connectivity index (χ2n) is 4.59. The van der Waals surface area contributed by atoms with Gasteiger partial charge in [-0.05, 0) is 0 Å². The van der Waals surface area contributed by atoms with Gasteiger partial charge < -0.3 is 4.74 Å². The third-order valence-electron chi connectivity index (χ3n) is 2.68. The summed E-state index contributed by atoms with van der Waals surface area (Å²) in [4.78, 5) is 4.34. The van der Waals surface area contributed by atoms with Crippen LogP contribution < -0.4 is 9.46 Å². The topological polar surface area (TPSA) is 105 Å². The predicted octanol–water partition coefficient (Wildman–Crippen LogP) is 0.723. The zero-order valence-corrected chi connectivity index (χ0v) is 12.2. The fraction of sp³-hybridized carbons (Fsp3) is 0.556. The molecule has 0 saturated carbocycles. The number of hydrogen-bond donors (Lipinski definition) is 3. The van der Waals surface area contributed by atoms with Gasteiger partial charge in [-0.2, -0.15) is 0 Å². The van der Waals surface area contributed by atoms with Gasteiger partial charge in [-0.25, -0.2) is 13.9 Å². The molecule has 0 bridgehead atoms. The minimum absolute atomic E-state index is 0.265. The first-order valence-corrected chi connectivity index (χ1v) is 6.86. The number of aromatic amines is 1. The van der Waals surface area contributed by atoms with E-state index in [-0.39, 0.29) is 6.54 Å². The molecular formula is C9H14ClN5O3S. The molecule has 0 aliphatic carbocycles. The molecule has 0 aliphatic heterocycles. The van der Waals surface area contributed by atoms with Crippen LogP contribution in [0.1, 0.15) is 19.7 Å². The highest BCUT2D eigenvalue weighted by Gasteiger charge is 2.27. The molecule has 10 heteroatoms. The van der Waals surface area contributed by atoms with Gasteiger partial charge in [0.15, 0.2) is 10.7 Å². The Morgan fingerprint density at radius 3 is 2.84 bits per heavy atom. The zero-order valence-electron chi connectivity index (χ0n) is 10.6. The van der Waals surface area contributed by atoms with Crippen LogP contribution in [0.15, 0.2) is 0 Å². The minimum Gasteiger partial charge on any atom is -0.479 e. The van der Waals surface area contributed by atoms with Crippen LogP contribution >= 0.6 is 11.6 Å². The number of hydrogen-bond acceptors (Lipinski definition) is 4. The maximum absolute atomic E-state index is 10.7. The molecule has 0 aliphatic rings. The SMILES string of the molecule is COc1nn2[nH]c(C(C)(C)CNS(=O)O)nc2c1Cl. The van der Waals surface area contributed by atoms with Gasteiger partial charge in [0.1, 0.15) is 5.82 Å². The van der Waals surface area contributed by atoms with E-state index in [9.17, 15) is 4.21 Å². The summed E-state index contributed by atoms with van der Waals surface area (Å²) in [6.07, 6.45) is 0. The average molecular weight is 308 g/mol. The highest BCUT2D eigenvalue weighted by atomic mass is 35.5. The summed E-state index contributed by atoms with van der Waals surface area (Å²) in [5.41, 5.74) is -0.0398.